The zero-order valence-corrected chi connectivity index (χ0v) is 10.7. The average molecular weight is 264 g/mol. The van der Waals surface area contributed by atoms with E-state index in [9.17, 15) is 14.9 Å². The molecule has 0 radical (unpaired) electrons. The number of aryl methyl sites for hydroxylation is 1. The molecule has 1 saturated carbocycles. The van der Waals surface area contributed by atoms with Crippen LogP contribution in [0.1, 0.15) is 41.6 Å². The summed E-state index contributed by atoms with van der Waals surface area (Å²) in [6.07, 6.45) is 4.25. The van der Waals surface area contributed by atoms with Crippen LogP contribution in [0.5, 0.6) is 0 Å². The number of nitro benzene ring substituents is 1. The molecule has 19 heavy (non-hydrogen) atoms. The second-order valence-electron chi connectivity index (χ2n) is 4.71. The molecule has 1 aromatic rings. The minimum Gasteiger partial charge on any atom is -0.270 e. The maximum Gasteiger partial charge on any atom is 0.274 e. The van der Waals surface area contributed by atoms with E-state index in [1.807, 2.05) is 0 Å². The topological polar surface area (TPSA) is 81.5 Å². The highest BCUT2D eigenvalue weighted by Crippen LogP contribution is 2.21. The highest BCUT2D eigenvalue weighted by Gasteiger charge is 2.18. The van der Waals surface area contributed by atoms with Crippen molar-refractivity contribution in [1.82, 2.24) is 5.48 Å². The van der Waals surface area contributed by atoms with Crippen molar-refractivity contribution in [2.45, 2.75) is 38.7 Å². The molecule has 0 heterocycles. The number of nitro groups is 1. The minimum absolute atomic E-state index is 0.00765. The average Bonchev–Trinajstić information content (AvgIpc) is 2.88. The molecule has 0 spiro atoms. The van der Waals surface area contributed by atoms with Gasteiger partial charge in [-0.05, 0) is 31.9 Å². The van der Waals surface area contributed by atoms with E-state index in [0.29, 0.717) is 11.1 Å². The Hall–Kier alpha value is -1.95. The van der Waals surface area contributed by atoms with Crippen molar-refractivity contribution in [1.29, 1.82) is 0 Å². The van der Waals surface area contributed by atoms with E-state index in [1.165, 1.54) is 18.2 Å². The Morgan fingerprint density at radius 1 is 1.42 bits per heavy atom. The number of hydroxylamine groups is 1. The van der Waals surface area contributed by atoms with Crippen LogP contribution in [0.3, 0.4) is 0 Å². The number of nitrogens with zero attached hydrogens (tertiary/aromatic N) is 1. The van der Waals surface area contributed by atoms with E-state index in [-0.39, 0.29) is 17.7 Å². The largest absolute Gasteiger partial charge is 0.274 e. The van der Waals surface area contributed by atoms with Crippen LogP contribution < -0.4 is 5.48 Å². The number of carbonyl (C=O) groups is 1. The summed E-state index contributed by atoms with van der Waals surface area (Å²) in [7, 11) is 0. The van der Waals surface area contributed by atoms with E-state index in [2.05, 4.69) is 5.48 Å². The first-order chi connectivity index (χ1) is 9.08. The second kappa shape index (κ2) is 5.79. The van der Waals surface area contributed by atoms with Crippen molar-refractivity contribution in [3.8, 4) is 0 Å². The van der Waals surface area contributed by atoms with Gasteiger partial charge in [0, 0.05) is 17.2 Å². The van der Waals surface area contributed by atoms with Gasteiger partial charge < -0.3 is 0 Å². The van der Waals surface area contributed by atoms with Gasteiger partial charge in [0.05, 0.1) is 11.0 Å². The molecule has 6 nitrogen and oxygen atoms in total. The Bertz CT molecular complexity index is 495. The third-order valence-corrected chi connectivity index (χ3v) is 3.28. The van der Waals surface area contributed by atoms with Crippen LogP contribution in [0.25, 0.3) is 0 Å². The van der Waals surface area contributed by atoms with Crippen molar-refractivity contribution in [3.63, 3.8) is 0 Å². The van der Waals surface area contributed by atoms with Gasteiger partial charge in [-0.25, -0.2) is 5.48 Å². The first kappa shape index (κ1) is 13.5. The number of amides is 1. The van der Waals surface area contributed by atoms with Crippen molar-refractivity contribution in [3.05, 3.63) is 39.4 Å². The number of nitrogens with one attached hydrogen (secondary N) is 1. The van der Waals surface area contributed by atoms with E-state index >= 15 is 0 Å². The summed E-state index contributed by atoms with van der Waals surface area (Å²) >= 11 is 0. The standard InChI is InChI=1S/C13H16N2O4/c1-9-8-10(6-7-12(9)15(17)18)13(16)14-19-11-4-2-3-5-11/h6-8,11H,2-5H2,1H3,(H,14,16). The minimum atomic E-state index is -0.466. The number of rotatable bonds is 4. The highest BCUT2D eigenvalue weighted by molar-refractivity contribution is 5.94. The fourth-order valence-electron chi connectivity index (χ4n) is 2.20. The van der Waals surface area contributed by atoms with Crippen LogP contribution in [-0.4, -0.2) is 16.9 Å². The first-order valence-corrected chi connectivity index (χ1v) is 6.29. The fraction of sp³-hybridized carbons (Fsp3) is 0.462. The summed E-state index contributed by atoms with van der Waals surface area (Å²) in [6, 6.07) is 4.25. The summed E-state index contributed by atoms with van der Waals surface area (Å²) in [4.78, 5) is 27.3. The molecule has 0 bridgehead atoms. The molecule has 6 heteroatoms. The van der Waals surface area contributed by atoms with E-state index < -0.39 is 4.92 Å². The second-order valence-corrected chi connectivity index (χ2v) is 4.71. The lowest BCUT2D eigenvalue weighted by Crippen LogP contribution is -2.28. The van der Waals surface area contributed by atoms with Crippen molar-refractivity contribution < 1.29 is 14.6 Å². The Labute approximate surface area is 110 Å². The van der Waals surface area contributed by atoms with Gasteiger partial charge >= 0.3 is 0 Å². The van der Waals surface area contributed by atoms with Crippen LogP contribution in [-0.2, 0) is 4.84 Å². The lowest BCUT2D eigenvalue weighted by molar-refractivity contribution is -0.385. The van der Waals surface area contributed by atoms with Crippen LogP contribution in [0, 0.1) is 17.0 Å². The Morgan fingerprint density at radius 2 is 2.11 bits per heavy atom. The molecule has 1 fully saturated rings. The third-order valence-electron chi connectivity index (χ3n) is 3.28. The summed E-state index contributed by atoms with van der Waals surface area (Å²) in [5.41, 5.74) is 3.23. The lowest BCUT2D eigenvalue weighted by Gasteiger charge is -2.11. The van der Waals surface area contributed by atoms with Gasteiger partial charge in [0.15, 0.2) is 0 Å². The molecular formula is C13H16N2O4. The molecule has 0 atom stereocenters. The maximum atomic E-state index is 11.8. The van der Waals surface area contributed by atoms with E-state index in [0.717, 1.165) is 25.7 Å². The summed E-state index contributed by atoms with van der Waals surface area (Å²) < 4.78 is 0. The predicted molar refractivity (Wildman–Crippen MR) is 68.6 cm³/mol. The normalized spacial score (nSPS) is 15.4. The molecule has 1 aliphatic rings. The van der Waals surface area contributed by atoms with E-state index in [1.54, 1.807) is 6.92 Å². The molecule has 1 N–H and O–H groups in total. The van der Waals surface area contributed by atoms with Gasteiger partial charge in [-0.3, -0.25) is 19.7 Å². The lowest BCUT2D eigenvalue weighted by atomic mass is 10.1. The van der Waals surface area contributed by atoms with Crippen molar-refractivity contribution in [2.75, 3.05) is 0 Å². The summed E-state index contributed by atoms with van der Waals surface area (Å²) in [5.74, 6) is -0.370. The third kappa shape index (κ3) is 3.29. The Kier molecular flexibility index (Phi) is 4.11. The number of hydrogen-bond donors (Lipinski definition) is 1. The number of benzene rings is 1. The maximum absolute atomic E-state index is 11.8. The number of carbonyl (C=O) groups excluding carboxylic acids is 1. The Morgan fingerprint density at radius 3 is 2.68 bits per heavy atom. The molecule has 0 unspecified atom stereocenters. The van der Waals surface area contributed by atoms with Gasteiger partial charge in [-0.15, -0.1) is 0 Å². The zero-order chi connectivity index (χ0) is 13.8. The molecule has 2 rings (SSSR count). The quantitative estimate of drug-likeness (QED) is 0.669. The van der Waals surface area contributed by atoms with Gasteiger partial charge in [-0.2, -0.15) is 0 Å². The molecule has 1 amide bonds. The highest BCUT2D eigenvalue weighted by atomic mass is 16.7. The molecule has 102 valence electrons. The smallest absolute Gasteiger partial charge is 0.270 e. The van der Waals surface area contributed by atoms with Gasteiger partial charge in [0.2, 0.25) is 0 Å². The monoisotopic (exact) mass is 264 g/mol. The van der Waals surface area contributed by atoms with Crippen molar-refractivity contribution in [2.24, 2.45) is 0 Å². The molecule has 0 saturated heterocycles. The zero-order valence-electron chi connectivity index (χ0n) is 10.7. The van der Waals surface area contributed by atoms with Crippen LogP contribution >= 0.6 is 0 Å². The first-order valence-electron chi connectivity index (χ1n) is 6.29. The molecule has 0 aromatic heterocycles. The summed E-state index contributed by atoms with van der Waals surface area (Å²) in [6.45, 7) is 1.60. The van der Waals surface area contributed by atoms with Crippen molar-refractivity contribution >= 4 is 11.6 Å². The van der Waals surface area contributed by atoms with Gasteiger partial charge in [0.1, 0.15) is 0 Å². The molecule has 1 aliphatic carbocycles. The fourth-order valence-corrected chi connectivity index (χ4v) is 2.20. The number of hydrogen-bond acceptors (Lipinski definition) is 4. The van der Waals surface area contributed by atoms with Gasteiger partial charge in [0.25, 0.3) is 11.6 Å². The molecule has 0 aliphatic heterocycles. The van der Waals surface area contributed by atoms with E-state index in [4.69, 9.17) is 4.84 Å². The van der Waals surface area contributed by atoms with Crippen LogP contribution in [0.15, 0.2) is 18.2 Å². The van der Waals surface area contributed by atoms with Gasteiger partial charge in [-0.1, -0.05) is 12.8 Å². The summed E-state index contributed by atoms with van der Waals surface area (Å²) in [5, 5.41) is 10.7. The Balaban J connectivity index is 1.98. The predicted octanol–water partition coefficient (Wildman–Crippen LogP) is 2.51. The van der Waals surface area contributed by atoms with Crippen LogP contribution in [0.2, 0.25) is 0 Å². The van der Waals surface area contributed by atoms with Crippen LogP contribution in [0.4, 0.5) is 5.69 Å². The SMILES string of the molecule is Cc1cc(C(=O)NOC2CCCC2)ccc1[N+](=O)[O-]. The molecule has 1 aromatic carbocycles. The molecular weight excluding hydrogens is 248 g/mol.